The Morgan fingerprint density at radius 1 is 1.25 bits per heavy atom. The van der Waals surface area contributed by atoms with Crippen molar-refractivity contribution >= 4 is 17.5 Å². The van der Waals surface area contributed by atoms with E-state index in [1.54, 1.807) is 22.9 Å². The highest BCUT2D eigenvalue weighted by molar-refractivity contribution is 5.94. The Hall–Kier alpha value is -3.55. The standard InChI is InChI=1S/C20H21N5O3/c1-12-17(19(27)24-14-6-4-3-5-7-14)18(25-20(23-12)21-11-22-25)13-8-9-15(26)16(10-13)28-2/h3-12,17-18,26H,1-2H3,(H,24,27)(H,21,22,23)/t12-,17+,18-/m1/s1. The molecule has 3 N–H and O–H groups in total. The highest BCUT2D eigenvalue weighted by Gasteiger charge is 2.41. The van der Waals surface area contributed by atoms with Crippen LogP contribution in [0.3, 0.4) is 0 Å². The van der Waals surface area contributed by atoms with Crippen molar-refractivity contribution in [3.8, 4) is 11.5 Å². The molecule has 2 aromatic carbocycles. The lowest BCUT2D eigenvalue weighted by molar-refractivity contribution is -0.121. The van der Waals surface area contributed by atoms with E-state index in [9.17, 15) is 9.90 Å². The number of benzene rings is 2. The number of ether oxygens (including phenoxy) is 1. The van der Waals surface area contributed by atoms with Gasteiger partial charge in [-0.3, -0.25) is 4.79 Å². The van der Waals surface area contributed by atoms with Crippen LogP contribution in [0.25, 0.3) is 0 Å². The molecule has 0 radical (unpaired) electrons. The van der Waals surface area contributed by atoms with E-state index in [1.807, 2.05) is 37.3 Å². The van der Waals surface area contributed by atoms with E-state index in [-0.39, 0.29) is 17.7 Å². The fraction of sp³-hybridized carbons (Fsp3) is 0.250. The van der Waals surface area contributed by atoms with Gasteiger partial charge < -0.3 is 20.5 Å². The zero-order valence-electron chi connectivity index (χ0n) is 15.5. The number of nitrogens with zero attached hydrogens (tertiary/aromatic N) is 3. The summed E-state index contributed by atoms with van der Waals surface area (Å²) in [6.07, 6.45) is 1.46. The quantitative estimate of drug-likeness (QED) is 0.644. The Labute approximate surface area is 162 Å². The average molecular weight is 379 g/mol. The second-order valence-electron chi connectivity index (χ2n) is 6.72. The van der Waals surface area contributed by atoms with E-state index in [2.05, 4.69) is 20.7 Å². The highest BCUT2D eigenvalue weighted by atomic mass is 16.5. The van der Waals surface area contributed by atoms with Crippen LogP contribution in [0.1, 0.15) is 18.5 Å². The molecule has 1 aromatic heterocycles. The van der Waals surface area contributed by atoms with Gasteiger partial charge in [0, 0.05) is 11.7 Å². The monoisotopic (exact) mass is 379 g/mol. The summed E-state index contributed by atoms with van der Waals surface area (Å²) >= 11 is 0. The summed E-state index contributed by atoms with van der Waals surface area (Å²) in [6.45, 7) is 1.94. The van der Waals surface area contributed by atoms with Gasteiger partial charge in [-0.25, -0.2) is 4.68 Å². The molecule has 0 bridgehead atoms. The van der Waals surface area contributed by atoms with Crippen LogP contribution >= 0.6 is 0 Å². The van der Waals surface area contributed by atoms with Crippen molar-refractivity contribution in [3.63, 3.8) is 0 Å². The Morgan fingerprint density at radius 3 is 2.79 bits per heavy atom. The first-order valence-electron chi connectivity index (χ1n) is 8.97. The van der Waals surface area contributed by atoms with Crippen molar-refractivity contribution in [2.75, 3.05) is 17.7 Å². The summed E-state index contributed by atoms with van der Waals surface area (Å²) in [5.74, 6) is 0.367. The van der Waals surface area contributed by atoms with Gasteiger partial charge in [-0.05, 0) is 36.8 Å². The number of anilines is 2. The smallest absolute Gasteiger partial charge is 0.232 e. The molecule has 0 unspecified atom stereocenters. The van der Waals surface area contributed by atoms with Crippen LogP contribution in [0.15, 0.2) is 54.9 Å². The second-order valence-corrected chi connectivity index (χ2v) is 6.72. The van der Waals surface area contributed by atoms with Crippen LogP contribution in [0, 0.1) is 5.92 Å². The zero-order valence-corrected chi connectivity index (χ0v) is 15.5. The number of fused-ring (bicyclic) bond motifs is 1. The van der Waals surface area contributed by atoms with E-state index >= 15 is 0 Å². The number of carbonyl (C=O) groups is 1. The molecule has 2 heterocycles. The molecule has 0 aliphatic carbocycles. The number of phenolic OH excluding ortho intramolecular Hbond substituents is 1. The van der Waals surface area contributed by atoms with E-state index < -0.39 is 12.0 Å². The highest BCUT2D eigenvalue weighted by Crippen LogP contribution is 2.39. The number of amides is 1. The van der Waals surface area contributed by atoms with Gasteiger partial charge in [-0.15, -0.1) is 0 Å². The zero-order chi connectivity index (χ0) is 19.7. The lowest BCUT2D eigenvalue weighted by atomic mass is 9.85. The fourth-order valence-corrected chi connectivity index (χ4v) is 3.62. The van der Waals surface area contributed by atoms with Crippen molar-refractivity contribution in [1.29, 1.82) is 0 Å². The van der Waals surface area contributed by atoms with Crippen LogP contribution in [0.4, 0.5) is 11.6 Å². The molecule has 0 saturated heterocycles. The second kappa shape index (κ2) is 7.22. The van der Waals surface area contributed by atoms with E-state index in [0.717, 1.165) is 11.3 Å². The summed E-state index contributed by atoms with van der Waals surface area (Å²) in [5.41, 5.74) is 1.52. The number of aromatic hydroxyl groups is 1. The van der Waals surface area contributed by atoms with Crippen LogP contribution in [-0.4, -0.2) is 38.9 Å². The Kier molecular flexibility index (Phi) is 4.60. The molecule has 4 rings (SSSR count). The third-order valence-electron chi connectivity index (χ3n) is 4.96. The molecule has 1 aliphatic heterocycles. The summed E-state index contributed by atoms with van der Waals surface area (Å²) in [6, 6.07) is 13.8. The third kappa shape index (κ3) is 3.13. The minimum Gasteiger partial charge on any atom is -0.504 e. The fourth-order valence-electron chi connectivity index (χ4n) is 3.62. The van der Waals surface area contributed by atoms with Gasteiger partial charge in [0.05, 0.1) is 19.1 Å². The number of carbonyl (C=O) groups excluding carboxylic acids is 1. The van der Waals surface area contributed by atoms with Gasteiger partial charge in [0.25, 0.3) is 0 Å². The van der Waals surface area contributed by atoms with Crippen molar-refractivity contribution < 1.29 is 14.6 Å². The van der Waals surface area contributed by atoms with E-state index in [0.29, 0.717) is 11.7 Å². The number of rotatable bonds is 4. The Morgan fingerprint density at radius 2 is 2.04 bits per heavy atom. The predicted molar refractivity (Wildman–Crippen MR) is 104 cm³/mol. The topological polar surface area (TPSA) is 101 Å². The minimum atomic E-state index is -0.469. The molecule has 144 valence electrons. The summed E-state index contributed by atoms with van der Waals surface area (Å²) < 4.78 is 6.95. The first-order valence-corrected chi connectivity index (χ1v) is 8.97. The van der Waals surface area contributed by atoms with Crippen molar-refractivity contribution in [3.05, 3.63) is 60.4 Å². The van der Waals surface area contributed by atoms with E-state index in [4.69, 9.17) is 4.74 Å². The largest absolute Gasteiger partial charge is 0.504 e. The van der Waals surface area contributed by atoms with Crippen molar-refractivity contribution in [2.24, 2.45) is 5.92 Å². The van der Waals surface area contributed by atoms with Gasteiger partial charge in [-0.1, -0.05) is 24.3 Å². The number of methoxy groups -OCH3 is 1. The van der Waals surface area contributed by atoms with Gasteiger partial charge in [0.1, 0.15) is 6.33 Å². The molecule has 1 amide bonds. The molecule has 8 nitrogen and oxygen atoms in total. The van der Waals surface area contributed by atoms with Gasteiger partial charge in [0.15, 0.2) is 11.5 Å². The maximum Gasteiger partial charge on any atom is 0.232 e. The lowest BCUT2D eigenvalue weighted by Gasteiger charge is -2.37. The number of para-hydroxylation sites is 1. The SMILES string of the molecule is COc1cc([C@@H]2[C@@H](C(=O)Nc3ccccc3)[C@@H](C)Nc3ncnn32)ccc1O. The van der Waals surface area contributed by atoms with Crippen LogP contribution in [-0.2, 0) is 4.79 Å². The first kappa shape index (κ1) is 17.8. The summed E-state index contributed by atoms with van der Waals surface area (Å²) in [4.78, 5) is 17.5. The van der Waals surface area contributed by atoms with Gasteiger partial charge in [0.2, 0.25) is 11.9 Å². The number of nitrogens with one attached hydrogen (secondary N) is 2. The van der Waals surface area contributed by atoms with Crippen molar-refractivity contribution in [2.45, 2.75) is 19.0 Å². The lowest BCUT2D eigenvalue weighted by Crippen LogP contribution is -2.46. The minimum absolute atomic E-state index is 0.0392. The first-order chi connectivity index (χ1) is 13.6. The Bertz CT molecular complexity index is 989. The van der Waals surface area contributed by atoms with Gasteiger partial charge in [-0.2, -0.15) is 10.1 Å². The molecule has 28 heavy (non-hydrogen) atoms. The number of hydrogen-bond acceptors (Lipinski definition) is 6. The molecule has 0 saturated carbocycles. The maximum absolute atomic E-state index is 13.2. The number of phenols is 1. The average Bonchev–Trinajstić information content (AvgIpc) is 3.16. The molecular formula is C20H21N5O3. The third-order valence-corrected chi connectivity index (χ3v) is 4.96. The maximum atomic E-state index is 13.2. The predicted octanol–water partition coefficient (Wildman–Crippen LogP) is 2.65. The van der Waals surface area contributed by atoms with Crippen molar-refractivity contribution in [1.82, 2.24) is 14.8 Å². The number of hydrogen-bond donors (Lipinski definition) is 3. The Balaban J connectivity index is 1.76. The number of aromatic nitrogens is 3. The molecule has 0 fully saturated rings. The molecule has 0 spiro atoms. The van der Waals surface area contributed by atoms with Crippen LogP contribution in [0.5, 0.6) is 11.5 Å². The summed E-state index contributed by atoms with van der Waals surface area (Å²) in [7, 11) is 1.49. The molecular weight excluding hydrogens is 358 g/mol. The molecule has 8 heteroatoms. The van der Waals surface area contributed by atoms with Crippen LogP contribution in [0.2, 0.25) is 0 Å². The normalized spacial score (nSPS) is 20.7. The van der Waals surface area contributed by atoms with Crippen LogP contribution < -0.4 is 15.4 Å². The van der Waals surface area contributed by atoms with E-state index in [1.165, 1.54) is 13.4 Å². The van der Waals surface area contributed by atoms with Gasteiger partial charge >= 0.3 is 0 Å². The summed E-state index contributed by atoms with van der Waals surface area (Å²) in [5, 5.41) is 20.5. The molecule has 3 atom stereocenters. The molecule has 3 aromatic rings. The molecule has 1 aliphatic rings.